The Labute approximate surface area is 124 Å². The quantitative estimate of drug-likeness (QED) is 0.686. The molecule has 1 amide bonds. The van der Waals surface area contributed by atoms with Gasteiger partial charge in [-0.05, 0) is 18.6 Å². The Balaban J connectivity index is 2.72. The van der Waals surface area contributed by atoms with Crippen LogP contribution in [-0.2, 0) is 14.8 Å². The summed E-state index contributed by atoms with van der Waals surface area (Å²) in [5.41, 5.74) is 0.342. The molecule has 0 heterocycles. The summed E-state index contributed by atoms with van der Waals surface area (Å²) >= 11 is 5.91. The van der Waals surface area contributed by atoms with Gasteiger partial charge in [0, 0.05) is 6.04 Å². The van der Waals surface area contributed by atoms with E-state index in [0.29, 0.717) is 23.5 Å². The second-order valence-electron chi connectivity index (χ2n) is 4.49. The van der Waals surface area contributed by atoms with E-state index in [2.05, 4.69) is 10.0 Å². The SMILES string of the molecule is CCCC[C@@H](CS(=O)(=O)Nc1ccccc1Cl)NC=O. The van der Waals surface area contributed by atoms with Crippen molar-refractivity contribution in [2.75, 3.05) is 10.5 Å². The molecule has 1 rings (SSSR count). The van der Waals surface area contributed by atoms with Crippen LogP contribution in [0, 0.1) is 0 Å². The Bertz CT molecular complexity index is 534. The fraction of sp³-hybridized carbons (Fsp3) is 0.462. The summed E-state index contributed by atoms with van der Waals surface area (Å²) in [6.45, 7) is 2.01. The van der Waals surface area contributed by atoms with Crippen molar-refractivity contribution < 1.29 is 13.2 Å². The van der Waals surface area contributed by atoms with Crippen molar-refractivity contribution >= 4 is 33.7 Å². The second-order valence-corrected chi connectivity index (χ2v) is 6.66. The first-order valence-corrected chi connectivity index (χ1v) is 8.46. The van der Waals surface area contributed by atoms with Crippen LogP contribution in [0.1, 0.15) is 26.2 Å². The minimum Gasteiger partial charge on any atom is -0.355 e. The lowest BCUT2D eigenvalue weighted by atomic mass is 10.1. The normalized spacial score (nSPS) is 12.7. The number of hydrogen-bond acceptors (Lipinski definition) is 3. The van der Waals surface area contributed by atoms with E-state index in [1.165, 1.54) is 0 Å². The summed E-state index contributed by atoms with van der Waals surface area (Å²) in [6, 6.07) is 6.22. The van der Waals surface area contributed by atoms with Crippen LogP contribution in [0.25, 0.3) is 0 Å². The van der Waals surface area contributed by atoms with Gasteiger partial charge in [0.2, 0.25) is 16.4 Å². The summed E-state index contributed by atoms with van der Waals surface area (Å²) in [5.74, 6) is -0.170. The summed E-state index contributed by atoms with van der Waals surface area (Å²) < 4.78 is 26.6. The molecule has 1 atom stereocenters. The lowest BCUT2D eigenvalue weighted by molar-refractivity contribution is -0.110. The predicted molar refractivity (Wildman–Crippen MR) is 81.4 cm³/mol. The topological polar surface area (TPSA) is 75.3 Å². The van der Waals surface area contributed by atoms with Crippen molar-refractivity contribution in [3.63, 3.8) is 0 Å². The number of nitrogens with one attached hydrogen (secondary N) is 2. The van der Waals surface area contributed by atoms with Gasteiger partial charge in [-0.15, -0.1) is 0 Å². The zero-order valence-electron chi connectivity index (χ0n) is 11.3. The number of halogens is 1. The maximum absolute atomic E-state index is 12.1. The number of rotatable bonds is 9. The highest BCUT2D eigenvalue weighted by Crippen LogP contribution is 2.22. The molecule has 5 nitrogen and oxygen atoms in total. The number of para-hydroxylation sites is 1. The fourth-order valence-electron chi connectivity index (χ4n) is 1.78. The third kappa shape index (κ3) is 5.79. The smallest absolute Gasteiger partial charge is 0.234 e. The minimum atomic E-state index is -3.56. The molecule has 0 aliphatic carbocycles. The first-order valence-electron chi connectivity index (χ1n) is 6.43. The molecule has 1 aromatic rings. The second kappa shape index (κ2) is 8.11. The molecule has 0 aromatic heterocycles. The van der Waals surface area contributed by atoms with Crippen LogP contribution in [0.15, 0.2) is 24.3 Å². The number of carbonyl (C=O) groups excluding carboxylic acids is 1. The monoisotopic (exact) mass is 318 g/mol. The van der Waals surface area contributed by atoms with Crippen LogP contribution in [0.4, 0.5) is 5.69 Å². The minimum absolute atomic E-state index is 0.170. The number of unbranched alkanes of at least 4 members (excludes halogenated alkanes) is 1. The number of hydrogen-bond donors (Lipinski definition) is 2. The van der Waals surface area contributed by atoms with Gasteiger partial charge in [-0.25, -0.2) is 8.42 Å². The van der Waals surface area contributed by atoms with Crippen LogP contribution in [-0.4, -0.2) is 26.6 Å². The van der Waals surface area contributed by atoms with Gasteiger partial charge in [0.1, 0.15) is 0 Å². The van der Waals surface area contributed by atoms with Crippen molar-refractivity contribution in [2.45, 2.75) is 32.2 Å². The standard InChI is InChI=1S/C13H19ClN2O3S/c1-2-3-6-11(15-10-17)9-20(18,19)16-13-8-5-4-7-12(13)14/h4-5,7-8,10-11,16H,2-3,6,9H2,1H3,(H,15,17)/t11-/m0/s1. The largest absolute Gasteiger partial charge is 0.355 e. The summed E-state index contributed by atoms with van der Waals surface area (Å²) in [4.78, 5) is 10.5. The van der Waals surface area contributed by atoms with E-state index in [0.717, 1.165) is 12.8 Å². The number of anilines is 1. The molecule has 0 saturated carbocycles. The fourth-order valence-corrected chi connectivity index (χ4v) is 3.41. The molecule has 0 saturated heterocycles. The third-order valence-corrected chi connectivity index (χ3v) is 4.47. The molecule has 2 N–H and O–H groups in total. The molecule has 20 heavy (non-hydrogen) atoms. The van der Waals surface area contributed by atoms with Crippen molar-refractivity contribution in [1.82, 2.24) is 5.32 Å². The maximum atomic E-state index is 12.1. The van der Waals surface area contributed by atoms with Gasteiger partial charge in [-0.1, -0.05) is 43.5 Å². The lowest BCUT2D eigenvalue weighted by Gasteiger charge is -2.17. The van der Waals surface area contributed by atoms with E-state index in [-0.39, 0.29) is 5.75 Å². The van der Waals surface area contributed by atoms with Gasteiger partial charge in [0.25, 0.3) is 0 Å². The summed E-state index contributed by atoms with van der Waals surface area (Å²) in [7, 11) is -3.56. The van der Waals surface area contributed by atoms with Crippen LogP contribution in [0.3, 0.4) is 0 Å². The molecule has 112 valence electrons. The molecule has 7 heteroatoms. The van der Waals surface area contributed by atoms with Crippen molar-refractivity contribution in [1.29, 1.82) is 0 Å². The zero-order chi connectivity index (χ0) is 15.0. The highest BCUT2D eigenvalue weighted by Gasteiger charge is 2.19. The number of carbonyl (C=O) groups is 1. The molecular weight excluding hydrogens is 300 g/mol. The Hall–Kier alpha value is -1.27. The van der Waals surface area contributed by atoms with Gasteiger partial charge in [-0.3, -0.25) is 9.52 Å². The van der Waals surface area contributed by atoms with Crippen LogP contribution >= 0.6 is 11.6 Å². The average molecular weight is 319 g/mol. The molecule has 1 aromatic carbocycles. The third-order valence-electron chi connectivity index (χ3n) is 2.77. The molecule has 0 unspecified atom stereocenters. The average Bonchev–Trinajstić information content (AvgIpc) is 2.38. The molecule has 0 aliphatic rings. The predicted octanol–water partition coefficient (Wildman–Crippen LogP) is 2.39. The van der Waals surface area contributed by atoms with Gasteiger partial charge in [-0.2, -0.15) is 0 Å². The number of sulfonamides is 1. The van der Waals surface area contributed by atoms with E-state index >= 15 is 0 Å². The van der Waals surface area contributed by atoms with Gasteiger partial charge in [0.05, 0.1) is 16.5 Å². The van der Waals surface area contributed by atoms with E-state index in [4.69, 9.17) is 11.6 Å². The summed E-state index contributed by atoms with van der Waals surface area (Å²) in [6.07, 6.45) is 2.95. The zero-order valence-corrected chi connectivity index (χ0v) is 12.9. The van der Waals surface area contributed by atoms with Crippen LogP contribution in [0.2, 0.25) is 5.02 Å². The molecule has 0 bridgehead atoms. The Morgan fingerprint density at radius 1 is 1.35 bits per heavy atom. The highest BCUT2D eigenvalue weighted by molar-refractivity contribution is 7.92. The number of benzene rings is 1. The first kappa shape index (κ1) is 16.8. The van der Waals surface area contributed by atoms with E-state index in [9.17, 15) is 13.2 Å². The number of amides is 1. The lowest BCUT2D eigenvalue weighted by Crippen LogP contribution is -2.36. The summed E-state index contributed by atoms with van der Waals surface area (Å²) in [5, 5.41) is 2.88. The van der Waals surface area contributed by atoms with Crippen LogP contribution < -0.4 is 10.0 Å². The first-order chi connectivity index (χ1) is 9.48. The Kier molecular flexibility index (Phi) is 6.81. The Morgan fingerprint density at radius 3 is 2.65 bits per heavy atom. The van der Waals surface area contributed by atoms with Crippen molar-refractivity contribution in [3.8, 4) is 0 Å². The van der Waals surface area contributed by atoms with E-state index in [1.807, 2.05) is 6.92 Å². The van der Waals surface area contributed by atoms with Gasteiger partial charge < -0.3 is 5.32 Å². The highest BCUT2D eigenvalue weighted by atomic mass is 35.5. The molecule has 0 fully saturated rings. The maximum Gasteiger partial charge on any atom is 0.234 e. The molecule has 0 spiro atoms. The van der Waals surface area contributed by atoms with Crippen LogP contribution in [0.5, 0.6) is 0 Å². The van der Waals surface area contributed by atoms with Gasteiger partial charge >= 0.3 is 0 Å². The molecular formula is C13H19ClN2O3S. The van der Waals surface area contributed by atoms with Crippen molar-refractivity contribution in [3.05, 3.63) is 29.3 Å². The van der Waals surface area contributed by atoms with Crippen molar-refractivity contribution in [2.24, 2.45) is 0 Å². The van der Waals surface area contributed by atoms with E-state index < -0.39 is 16.1 Å². The Morgan fingerprint density at radius 2 is 2.05 bits per heavy atom. The van der Waals surface area contributed by atoms with E-state index in [1.54, 1.807) is 24.3 Å². The van der Waals surface area contributed by atoms with Gasteiger partial charge in [0.15, 0.2) is 0 Å². The molecule has 0 radical (unpaired) electrons. The molecule has 0 aliphatic heterocycles.